The van der Waals surface area contributed by atoms with Crippen molar-refractivity contribution in [2.75, 3.05) is 25.1 Å². The number of urea groups is 1. The Morgan fingerprint density at radius 2 is 2.29 bits per heavy atom. The van der Waals surface area contributed by atoms with E-state index in [1.807, 2.05) is 6.92 Å². The lowest BCUT2D eigenvalue weighted by Gasteiger charge is -2.33. The Labute approximate surface area is 139 Å². The molecule has 2 aromatic rings. The van der Waals surface area contributed by atoms with Crippen molar-refractivity contribution in [3.63, 3.8) is 0 Å². The van der Waals surface area contributed by atoms with E-state index in [1.165, 1.54) is 18.3 Å². The molecule has 0 aliphatic carbocycles. The monoisotopic (exact) mass is 331 g/mol. The molecule has 6 nitrogen and oxygen atoms in total. The van der Waals surface area contributed by atoms with Gasteiger partial charge in [0, 0.05) is 18.7 Å². The summed E-state index contributed by atoms with van der Waals surface area (Å²) in [5.41, 5.74) is 0.560. The Kier molecular flexibility index (Phi) is 4.90. The number of carbonyl (C=O) groups is 1. The normalized spacial score (nSPS) is 17.4. The van der Waals surface area contributed by atoms with Gasteiger partial charge in [0.2, 0.25) is 5.88 Å². The molecule has 2 amide bonds. The first-order chi connectivity index (χ1) is 11.6. The predicted octanol–water partition coefficient (Wildman–Crippen LogP) is 3.27. The number of amides is 2. The van der Waals surface area contributed by atoms with Gasteiger partial charge in [0.15, 0.2) is 0 Å². The molecule has 1 atom stereocenters. The molecule has 7 heteroatoms. The van der Waals surface area contributed by atoms with Crippen molar-refractivity contribution in [3.8, 4) is 11.6 Å². The first kappa shape index (κ1) is 16.2. The van der Waals surface area contributed by atoms with Crippen molar-refractivity contribution in [1.29, 1.82) is 0 Å². The first-order valence-corrected chi connectivity index (χ1v) is 7.66. The summed E-state index contributed by atoms with van der Waals surface area (Å²) in [6, 6.07) is 8.95. The van der Waals surface area contributed by atoms with Crippen molar-refractivity contribution >= 4 is 11.7 Å². The van der Waals surface area contributed by atoms with Gasteiger partial charge >= 0.3 is 6.03 Å². The molecule has 126 valence electrons. The zero-order valence-corrected chi connectivity index (χ0v) is 13.2. The lowest BCUT2D eigenvalue weighted by atomic mass is 10.3. The number of hydrogen-bond donors (Lipinski definition) is 1. The molecule has 0 unspecified atom stereocenters. The third-order valence-electron chi connectivity index (χ3n) is 3.63. The van der Waals surface area contributed by atoms with Gasteiger partial charge in [0.25, 0.3) is 0 Å². The number of benzene rings is 1. The van der Waals surface area contributed by atoms with Crippen LogP contribution in [0, 0.1) is 5.82 Å². The van der Waals surface area contributed by atoms with Crippen LogP contribution in [0.25, 0.3) is 0 Å². The minimum atomic E-state index is -0.379. The number of rotatable bonds is 3. The summed E-state index contributed by atoms with van der Waals surface area (Å²) in [7, 11) is 0. The second kappa shape index (κ2) is 7.27. The van der Waals surface area contributed by atoms with Gasteiger partial charge in [-0.3, -0.25) is 0 Å². The fourth-order valence-corrected chi connectivity index (χ4v) is 2.39. The molecule has 1 fully saturated rings. The molecule has 0 bridgehead atoms. The lowest BCUT2D eigenvalue weighted by Crippen LogP contribution is -2.48. The summed E-state index contributed by atoms with van der Waals surface area (Å²) in [4.78, 5) is 18.1. The van der Waals surface area contributed by atoms with E-state index in [-0.39, 0.29) is 17.9 Å². The fourth-order valence-electron chi connectivity index (χ4n) is 2.39. The topological polar surface area (TPSA) is 63.7 Å². The number of pyridine rings is 1. The maximum absolute atomic E-state index is 13.1. The van der Waals surface area contributed by atoms with E-state index >= 15 is 0 Å². The van der Waals surface area contributed by atoms with Gasteiger partial charge in [0.1, 0.15) is 11.6 Å². The van der Waals surface area contributed by atoms with Gasteiger partial charge in [-0.25, -0.2) is 14.2 Å². The van der Waals surface area contributed by atoms with Crippen LogP contribution in [0.3, 0.4) is 0 Å². The number of nitrogens with zero attached hydrogens (tertiary/aromatic N) is 2. The van der Waals surface area contributed by atoms with Crippen LogP contribution in [0.5, 0.6) is 11.6 Å². The third kappa shape index (κ3) is 3.99. The SMILES string of the molecule is C[C@H]1COCCN1C(=O)Nc1ccc(Oc2cccc(F)c2)nc1. The van der Waals surface area contributed by atoms with Crippen LogP contribution in [0.1, 0.15) is 6.92 Å². The Bertz CT molecular complexity index is 708. The summed E-state index contributed by atoms with van der Waals surface area (Å²) < 4.78 is 23.9. The molecule has 1 aliphatic rings. The van der Waals surface area contributed by atoms with Crippen LogP contribution >= 0.6 is 0 Å². The summed E-state index contributed by atoms with van der Waals surface area (Å²) in [5.74, 6) is 0.302. The van der Waals surface area contributed by atoms with Crippen molar-refractivity contribution in [2.45, 2.75) is 13.0 Å². The van der Waals surface area contributed by atoms with Crippen molar-refractivity contribution in [3.05, 3.63) is 48.4 Å². The van der Waals surface area contributed by atoms with Crippen LogP contribution in [0.15, 0.2) is 42.6 Å². The van der Waals surface area contributed by atoms with Crippen LogP contribution in [0.4, 0.5) is 14.9 Å². The number of ether oxygens (including phenoxy) is 2. The molecular weight excluding hydrogens is 313 g/mol. The second-order valence-electron chi connectivity index (χ2n) is 5.49. The molecule has 1 N–H and O–H groups in total. The van der Waals surface area contributed by atoms with E-state index in [9.17, 15) is 9.18 Å². The number of morpholine rings is 1. The molecule has 24 heavy (non-hydrogen) atoms. The number of halogens is 1. The standard InChI is InChI=1S/C17H18FN3O3/c1-12-11-23-8-7-21(12)17(22)20-14-5-6-16(19-10-14)24-15-4-2-3-13(18)9-15/h2-6,9-10,12H,7-8,11H2,1H3,(H,20,22)/t12-/m0/s1. The molecule has 1 aromatic heterocycles. The smallest absolute Gasteiger partial charge is 0.322 e. The average molecular weight is 331 g/mol. The molecule has 0 spiro atoms. The molecule has 3 rings (SSSR count). The first-order valence-electron chi connectivity index (χ1n) is 7.66. The zero-order valence-electron chi connectivity index (χ0n) is 13.2. The molecule has 0 saturated carbocycles. The van der Waals surface area contributed by atoms with Crippen LogP contribution < -0.4 is 10.1 Å². The largest absolute Gasteiger partial charge is 0.439 e. The minimum absolute atomic E-state index is 0.0299. The van der Waals surface area contributed by atoms with Crippen molar-refractivity contribution in [1.82, 2.24) is 9.88 Å². The van der Waals surface area contributed by atoms with Crippen LogP contribution in [0.2, 0.25) is 0 Å². The molecular formula is C17H18FN3O3. The summed E-state index contributed by atoms with van der Waals surface area (Å²) >= 11 is 0. The highest BCUT2D eigenvalue weighted by Gasteiger charge is 2.23. The maximum atomic E-state index is 13.1. The van der Waals surface area contributed by atoms with E-state index < -0.39 is 0 Å². The highest BCUT2D eigenvalue weighted by atomic mass is 19.1. The van der Waals surface area contributed by atoms with Gasteiger partial charge < -0.3 is 19.7 Å². The Hall–Kier alpha value is -2.67. The Morgan fingerprint density at radius 1 is 1.42 bits per heavy atom. The third-order valence-corrected chi connectivity index (χ3v) is 3.63. The summed E-state index contributed by atoms with van der Waals surface area (Å²) in [6.45, 7) is 3.57. The van der Waals surface area contributed by atoms with Gasteiger partial charge in [-0.15, -0.1) is 0 Å². The van der Waals surface area contributed by atoms with E-state index in [2.05, 4.69) is 10.3 Å². The van der Waals surface area contributed by atoms with Gasteiger partial charge in [-0.05, 0) is 25.1 Å². The molecule has 1 aliphatic heterocycles. The highest BCUT2D eigenvalue weighted by Crippen LogP contribution is 2.21. The van der Waals surface area contributed by atoms with Crippen LogP contribution in [-0.4, -0.2) is 41.7 Å². The number of aromatic nitrogens is 1. The number of anilines is 1. The minimum Gasteiger partial charge on any atom is -0.439 e. The number of nitrogens with one attached hydrogen (secondary N) is 1. The van der Waals surface area contributed by atoms with Gasteiger partial charge in [-0.2, -0.15) is 0 Å². The summed E-state index contributed by atoms with van der Waals surface area (Å²) in [6.07, 6.45) is 1.50. The zero-order chi connectivity index (χ0) is 16.9. The lowest BCUT2D eigenvalue weighted by molar-refractivity contribution is 0.0221. The fraction of sp³-hybridized carbons (Fsp3) is 0.294. The van der Waals surface area contributed by atoms with Crippen molar-refractivity contribution in [2.24, 2.45) is 0 Å². The maximum Gasteiger partial charge on any atom is 0.322 e. The average Bonchev–Trinajstić information content (AvgIpc) is 2.57. The Morgan fingerprint density at radius 3 is 3.00 bits per heavy atom. The van der Waals surface area contributed by atoms with E-state index in [0.29, 0.717) is 37.1 Å². The van der Waals surface area contributed by atoms with E-state index in [0.717, 1.165) is 0 Å². The van der Waals surface area contributed by atoms with Gasteiger partial charge in [-0.1, -0.05) is 6.07 Å². The van der Waals surface area contributed by atoms with Crippen LogP contribution in [-0.2, 0) is 4.74 Å². The highest BCUT2D eigenvalue weighted by molar-refractivity contribution is 5.89. The molecule has 2 heterocycles. The molecule has 1 saturated heterocycles. The summed E-state index contributed by atoms with van der Waals surface area (Å²) in [5, 5.41) is 2.80. The molecule has 1 aromatic carbocycles. The quantitative estimate of drug-likeness (QED) is 0.937. The molecule has 0 radical (unpaired) electrons. The van der Waals surface area contributed by atoms with E-state index in [1.54, 1.807) is 29.2 Å². The number of hydrogen-bond acceptors (Lipinski definition) is 4. The second-order valence-corrected chi connectivity index (χ2v) is 5.49. The number of carbonyl (C=O) groups excluding carboxylic acids is 1. The predicted molar refractivity (Wildman–Crippen MR) is 86.7 cm³/mol. The van der Waals surface area contributed by atoms with Gasteiger partial charge in [0.05, 0.1) is 31.1 Å². The Balaban J connectivity index is 1.61. The van der Waals surface area contributed by atoms with E-state index in [4.69, 9.17) is 9.47 Å². The van der Waals surface area contributed by atoms with Crippen molar-refractivity contribution < 1.29 is 18.7 Å².